The van der Waals surface area contributed by atoms with Gasteiger partial charge in [0.1, 0.15) is 0 Å². The Kier molecular flexibility index (Phi) is 5.36. The molecule has 2 aromatic carbocycles. The number of sulfonamides is 1. The summed E-state index contributed by atoms with van der Waals surface area (Å²) in [4.78, 5) is 29.1. The second-order valence-electron chi connectivity index (χ2n) is 5.88. The van der Waals surface area contributed by atoms with E-state index in [1.807, 2.05) is 0 Å². The Morgan fingerprint density at radius 1 is 1.11 bits per heavy atom. The Hall–Kier alpha value is -2.95. The number of nitrogens with zero attached hydrogens (tertiary/aromatic N) is 1. The summed E-state index contributed by atoms with van der Waals surface area (Å²) in [5, 5.41) is 2.65. The SMILES string of the molecule is CON(C)S(=O)(=O)c1ccc(C(=O)Nc2cc3c(cc2C(C)=O)OCO3)cc1. The highest BCUT2D eigenvalue weighted by Crippen LogP contribution is 2.37. The summed E-state index contributed by atoms with van der Waals surface area (Å²) in [6.07, 6.45) is 0. The standard InChI is InChI=1S/C18H18N2O7S/c1-11(21)14-8-16-17(27-10-26-16)9-15(14)19-18(22)12-4-6-13(7-5-12)28(23,24)20(2)25-3/h4-9H,10H2,1-3H3,(H,19,22). The first-order valence-electron chi connectivity index (χ1n) is 8.13. The highest BCUT2D eigenvalue weighted by Gasteiger charge is 2.23. The van der Waals surface area contributed by atoms with E-state index in [9.17, 15) is 18.0 Å². The van der Waals surface area contributed by atoms with Crippen molar-refractivity contribution in [2.24, 2.45) is 0 Å². The Bertz CT molecular complexity index is 1030. The fourth-order valence-corrected chi connectivity index (χ4v) is 3.53. The molecule has 0 radical (unpaired) electrons. The first-order chi connectivity index (χ1) is 13.2. The van der Waals surface area contributed by atoms with Crippen LogP contribution in [0.15, 0.2) is 41.3 Å². The number of carbonyl (C=O) groups excluding carboxylic acids is 2. The normalized spacial score (nSPS) is 12.9. The van der Waals surface area contributed by atoms with Crippen LogP contribution in [0.25, 0.3) is 0 Å². The van der Waals surface area contributed by atoms with E-state index in [-0.39, 0.29) is 34.3 Å². The molecule has 0 atom stereocenters. The summed E-state index contributed by atoms with van der Waals surface area (Å²) < 4.78 is 35.6. The molecular formula is C18H18N2O7S. The number of anilines is 1. The van der Waals surface area contributed by atoms with Gasteiger partial charge in [0.25, 0.3) is 15.9 Å². The van der Waals surface area contributed by atoms with Gasteiger partial charge in [-0.05, 0) is 37.3 Å². The molecule has 1 aliphatic heterocycles. The number of hydroxylamine groups is 1. The smallest absolute Gasteiger partial charge is 0.264 e. The first-order valence-corrected chi connectivity index (χ1v) is 9.57. The second kappa shape index (κ2) is 7.58. The third-order valence-electron chi connectivity index (χ3n) is 4.15. The van der Waals surface area contributed by atoms with Crippen molar-refractivity contribution in [2.75, 3.05) is 26.3 Å². The predicted octanol–water partition coefficient (Wildman–Crippen LogP) is 2.05. The number of rotatable bonds is 6. The number of fused-ring (bicyclic) bond motifs is 1. The molecule has 10 heteroatoms. The third kappa shape index (κ3) is 3.70. The Morgan fingerprint density at radius 2 is 1.71 bits per heavy atom. The van der Waals surface area contributed by atoms with Gasteiger partial charge in [-0.1, -0.05) is 4.47 Å². The van der Waals surface area contributed by atoms with Crippen LogP contribution in [-0.4, -0.2) is 45.5 Å². The van der Waals surface area contributed by atoms with E-state index < -0.39 is 15.9 Å². The molecule has 1 amide bonds. The van der Waals surface area contributed by atoms with Crippen molar-refractivity contribution in [3.05, 3.63) is 47.5 Å². The number of benzene rings is 2. The predicted molar refractivity (Wildman–Crippen MR) is 98.9 cm³/mol. The van der Waals surface area contributed by atoms with Gasteiger partial charge in [0.15, 0.2) is 17.3 Å². The minimum Gasteiger partial charge on any atom is -0.454 e. The van der Waals surface area contributed by atoms with Crippen LogP contribution in [0.3, 0.4) is 0 Å². The molecule has 0 saturated carbocycles. The summed E-state index contributed by atoms with van der Waals surface area (Å²) >= 11 is 0. The van der Waals surface area contributed by atoms with Gasteiger partial charge in [-0.3, -0.25) is 14.4 Å². The lowest BCUT2D eigenvalue weighted by atomic mass is 10.1. The van der Waals surface area contributed by atoms with Gasteiger partial charge in [0.2, 0.25) is 6.79 Å². The van der Waals surface area contributed by atoms with Crippen molar-refractivity contribution in [3.63, 3.8) is 0 Å². The molecule has 0 spiro atoms. The molecule has 0 saturated heterocycles. The van der Waals surface area contributed by atoms with Crippen LogP contribution in [-0.2, 0) is 14.9 Å². The third-order valence-corrected chi connectivity index (χ3v) is 5.84. The summed E-state index contributed by atoms with van der Waals surface area (Å²) in [5.41, 5.74) is 0.766. The lowest BCUT2D eigenvalue weighted by molar-refractivity contribution is -0.0258. The van der Waals surface area contributed by atoms with Gasteiger partial charge in [0.05, 0.1) is 17.7 Å². The van der Waals surface area contributed by atoms with Crippen molar-refractivity contribution in [1.29, 1.82) is 0 Å². The van der Waals surface area contributed by atoms with Gasteiger partial charge in [0, 0.05) is 24.2 Å². The number of hydrogen-bond donors (Lipinski definition) is 1. The monoisotopic (exact) mass is 406 g/mol. The van der Waals surface area contributed by atoms with Crippen molar-refractivity contribution in [3.8, 4) is 11.5 Å². The molecule has 0 bridgehead atoms. The van der Waals surface area contributed by atoms with Gasteiger partial charge in [-0.2, -0.15) is 0 Å². The number of Topliss-reactive ketones (excluding diaryl/α,β-unsaturated/α-hetero) is 1. The zero-order valence-electron chi connectivity index (χ0n) is 15.4. The number of hydrogen-bond acceptors (Lipinski definition) is 7. The maximum Gasteiger partial charge on any atom is 0.264 e. The maximum atomic E-state index is 12.6. The summed E-state index contributed by atoms with van der Waals surface area (Å²) in [7, 11) is -1.31. The van der Waals surface area contributed by atoms with Crippen LogP contribution >= 0.6 is 0 Å². The van der Waals surface area contributed by atoms with E-state index in [2.05, 4.69) is 5.32 Å². The molecule has 0 unspecified atom stereocenters. The molecule has 28 heavy (non-hydrogen) atoms. The van der Waals surface area contributed by atoms with Gasteiger partial charge < -0.3 is 14.8 Å². The second-order valence-corrected chi connectivity index (χ2v) is 7.82. The Balaban J connectivity index is 1.85. The molecular weight excluding hydrogens is 388 g/mol. The van der Waals surface area contributed by atoms with Crippen LogP contribution in [0, 0.1) is 0 Å². The van der Waals surface area contributed by atoms with Crippen molar-refractivity contribution >= 4 is 27.4 Å². The van der Waals surface area contributed by atoms with Crippen LogP contribution in [0.4, 0.5) is 5.69 Å². The molecule has 1 heterocycles. The molecule has 0 fully saturated rings. The van der Waals surface area contributed by atoms with Gasteiger partial charge >= 0.3 is 0 Å². The summed E-state index contributed by atoms with van der Waals surface area (Å²) in [5.74, 6) is 0.0902. The van der Waals surface area contributed by atoms with E-state index in [0.29, 0.717) is 16.0 Å². The average molecular weight is 406 g/mol. The molecule has 3 rings (SSSR count). The molecule has 1 N–H and O–H groups in total. The van der Waals surface area contributed by atoms with E-state index in [4.69, 9.17) is 14.3 Å². The van der Waals surface area contributed by atoms with Crippen LogP contribution in [0.1, 0.15) is 27.6 Å². The Morgan fingerprint density at radius 3 is 2.29 bits per heavy atom. The highest BCUT2D eigenvalue weighted by atomic mass is 32.2. The van der Waals surface area contributed by atoms with Crippen LogP contribution in [0.5, 0.6) is 11.5 Å². The fourth-order valence-electron chi connectivity index (χ4n) is 2.56. The Labute approximate surface area is 161 Å². The summed E-state index contributed by atoms with van der Waals surface area (Å²) in [6.45, 7) is 1.41. The van der Waals surface area contributed by atoms with Crippen LogP contribution in [0.2, 0.25) is 0 Å². The molecule has 2 aromatic rings. The van der Waals surface area contributed by atoms with E-state index in [0.717, 1.165) is 0 Å². The van der Waals surface area contributed by atoms with Gasteiger partial charge in [-0.15, -0.1) is 0 Å². The van der Waals surface area contributed by atoms with Crippen LogP contribution < -0.4 is 14.8 Å². The van der Waals surface area contributed by atoms with Crippen molar-refractivity contribution in [1.82, 2.24) is 4.47 Å². The maximum absolute atomic E-state index is 12.6. The minimum absolute atomic E-state index is 0.0269. The van der Waals surface area contributed by atoms with E-state index in [1.165, 1.54) is 57.5 Å². The molecule has 0 aliphatic carbocycles. The van der Waals surface area contributed by atoms with Crippen molar-refractivity contribution < 1.29 is 32.3 Å². The topological polar surface area (TPSA) is 111 Å². The number of ketones is 1. The lowest BCUT2D eigenvalue weighted by Gasteiger charge is -2.14. The molecule has 0 aromatic heterocycles. The number of carbonyl (C=O) groups is 2. The van der Waals surface area contributed by atoms with Gasteiger partial charge in [-0.25, -0.2) is 8.42 Å². The lowest BCUT2D eigenvalue weighted by Crippen LogP contribution is -2.25. The largest absolute Gasteiger partial charge is 0.454 e. The summed E-state index contributed by atoms with van der Waals surface area (Å²) in [6, 6.07) is 8.36. The van der Waals surface area contributed by atoms with Crippen molar-refractivity contribution in [2.45, 2.75) is 11.8 Å². The van der Waals surface area contributed by atoms with E-state index in [1.54, 1.807) is 0 Å². The number of amides is 1. The molecule has 148 valence electrons. The number of ether oxygens (including phenoxy) is 2. The first kappa shape index (κ1) is 19.8. The quantitative estimate of drug-likeness (QED) is 0.577. The van der Waals surface area contributed by atoms with E-state index >= 15 is 0 Å². The molecule has 1 aliphatic rings. The average Bonchev–Trinajstić information content (AvgIpc) is 3.13. The zero-order valence-corrected chi connectivity index (χ0v) is 16.2. The zero-order chi connectivity index (χ0) is 20.5. The fraction of sp³-hybridized carbons (Fsp3) is 0.222. The molecule has 9 nitrogen and oxygen atoms in total. The highest BCUT2D eigenvalue weighted by molar-refractivity contribution is 7.89. The minimum atomic E-state index is -3.81. The number of nitrogens with one attached hydrogen (secondary N) is 1.